The van der Waals surface area contributed by atoms with Crippen molar-refractivity contribution in [3.8, 4) is 0 Å². The van der Waals surface area contributed by atoms with Crippen molar-refractivity contribution in [3.05, 3.63) is 11.8 Å². The molecule has 1 aromatic heterocycles. The van der Waals surface area contributed by atoms with Crippen molar-refractivity contribution in [2.45, 2.75) is 52.9 Å². The van der Waals surface area contributed by atoms with Gasteiger partial charge in [-0.15, -0.1) is 0 Å². The summed E-state index contributed by atoms with van der Waals surface area (Å²) in [6, 6.07) is 0. The second kappa shape index (κ2) is 6.22. The van der Waals surface area contributed by atoms with Gasteiger partial charge in [-0.05, 0) is 31.6 Å². The lowest BCUT2D eigenvalue weighted by Crippen LogP contribution is -2.24. The fraction of sp³-hybridized carbons (Fsp3) is 0.733. The lowest BCUT2D eigenvalue weighted by atomic mass is 9.89. The average molecular weight is 262 g/mol. The quantitative estimate of drug-likeness (QED) is 0.822. The zero-order valence-corrected chi connectivity index (χ0v) is 12.4. The van der Waals surface area contributed by atoms with E-state index in [1.807, 2.05) is 6.20 Å². The molecule has 0 spiro atoms. The van der Waals surface area contributed by atoms with Crippen molar-refractivity contribution in [1.82, 2.24) is 9.97 Å². The third-order valence-corrected chi connectivity index (χ3v) is 4.00. The topological polar surface area (TPSA) is 49.8 Å². The van der Waals surface area contributed by atoms with Gasteiger partial charge in [0.1, 0.15) is 5.82 Å². The lowest BCUT2D eigenvalue weighted by molar-refractivity contribution is 0.361. The third kappa shape index (κ3) is 3.82. The highest BCUT2D eigenvalue weighted by molar-refractivity contribution is 5.46. The van der Waals surface area contributed by atoms with Gasteiger partial charge < -0.3 is 10.6 Å². The molecule has 0 aliphatic heterocycles. The molecule has 1 aliphatic rings. The number of nitrogens with zero attached hydrogens (tertiary/aromatic N) is 2. The number of nitrogens with one attached hydrogen (secondary N) is 2. The number of aromatic nitrogens is 2. The summed E-state index contributed by atoms with van der Waals surface area (Å²) in [5.41, 5.74) is 1.55. The number of hydrogen-bond donors (Lipinski definition) is 2. The molecule has 4 nitrogen and oxygen atoms in total. The molecule has 0 amide bonds. The Bertz CT molecular complexity index is 411. The Morgan fingerprint density at radius 3 is 2.68 bits per heavy atom. The normalized spacial score (nSPS) is 17.4. The molecule has 0 atom stereocenters. The SMILES string of the molecule is CCCNc1ncc(C)c(NCC2(C)CCCC2)n1. The molecule has 0 aromatic carbocycles. The van der Waals surface area contributed by atoms with Crippen LogP contribution in [0, 0.1) is 12.3 Å². The zero-order chi connectivity index (χ0) is 13.7. The molecule has 0 bridgehead atoms. The van der Waals surface area contributed by atoms with Crippen LogP contribution in [0.3, 0.4) is 0 Å². The predicted octanol–water partition coefficient (Wildman–Crippen LogP) is 3.60. The van der Waals surface area contributed by atoms with Crippen LogP contribution in [0.1, 0.15) is 51.5 Å². The van der Waals surface area contributed by atoms with Crippen LogP contribution in [-0.2, 0) is 0 Å². The third-order valence-electron chi connectivity index (χ3n) is 4.00. The molecule has 1 aromatic rings. The number of rotatable bonds is 6. The van der Waals surface area contributed by atoms with Crippen LogP contribution in [0.4, 0.5) is 11.8 Å². The summed E-state index contributed by atoms with van der Waals surface area (Å²) in [4.78, 5) is 8.88. The molecule has 4 heteroatoms. The van der Waals surface area contributed by atoms with Crippen LogP contribution in [0.25, 0.3) is 0 Å². The molecule has 2 rings (SSSR count). The van der Waals surface area contributed by atoms with Gasteiger partial charge in [-0.1, -0.05) is 26.7 Å². The van der Waals surface area contributed by atoms with Crippen LogP contribution in [0.2, 0.25) is 0 Å². The van der Waals surface area contributed by atoms with Gasteiger partial charge in [0.25, 0.3) is 0 Å². The molecule has 1 saturated carbocycles. The van der Waals surface area contributed by atoms with E-state index in [1.165, 1.54) is 25.7 Å². The van der Waals surface area contributed by atoms with Gasteiger partial charge >= 0.3 is 0 Å². The summed E-state index contributed by atoms with van der Waals surface area (Å²) < 4.78 is 0. The lowest BCUT2D eigenvalue weighted by Gasteiger charge is -2.24. The first-order chi connectivity index (χ1) is 9.13. The molecule has 2 N–H and O–H groups in total. The van der Waals surface area contributed by atoms with Crippen LogP contribution in [-0.4, -0.2) is 23.1 Å². The van der Waals surface area contributed by atoms with Gasteiger partial charge in [-0.25, -0.2) is 4.98 Å². The van der Waals surface area contributed by atoms with Gasteiger partial charge in [-0.3, -0.25) is 0 Å². The molecule has 1 aliphatic carbocycles. The maximum atomic E-state index is 4.57. The summed E-state index contributed by atoms with van der Waals surface area (Å²) in [5.74, 6) is 1.70. The van der Waals surface area contributed by atoms with E-state index >= 15 is 0 Å². The van der Waals surface area contributed by atoms with E-state index in [0.717, 1.165) is 36.8 Å². The maximum absolute atomic E-state index is 4.57. The zero-order valence-electron chi connectivity index (χ0n) is 12.4. The first-order valence-corrected chi connectivity index (χ1v) is 7.44. The Morgan fingerprint density at radius 1 is 1.26 bits per heavy atom. The summed E-state index contributed by atoms with van der Waals surface area (Å²) in [7, 11) is 0. The van der Waals surface area contributed by atoms with Crippen molar-refractivity contribution < 1.29 is 0 Å². The molecular weight excluding hydrogens is 236 g/mol. The Morgan fingerprint density at radius 2 is 2.00 bits per heavy atom. The van der Waals surface area contributed by atoms with Crippen molar-refractivity contribution in [2.24, 2.45) is 5.41 Å². The van der Waals surface area contributed by atoms with Gasteiger partial charge in [0.2, 0.25) is 5.95 Å². The summed E-state index contributed by atoms with van der Waals surface area (Å²) >= 11 is 0. The van der Waals surface area contributed by atoms with Gasteiger partial charge in [0.15, 0.2) is 0 Å². The second-order valence-corrected chi connectivity index (χ2v) is 6.02. The van der Waals surface area contributed by atoms with Crippen molar-refractivity contribution in [3.63, 3.8) is 0 Å². The van der Waals surface area contributed by atoms with E-state index in [4.69, 9.17) is 0 Å². The molecular formula is C15H26N4. The molecule has 1 heterocycles. The van der Waals surface area contributed by atoms with E-state index in [2.05, 4.69) is 41.4 Å². The van der Waals surface area contributed by atoms with E-state index in [9.17, 15) is 0 Å². The fourth-order valence-corrected chi connectivity index (χ4v) is 2.65. The van der Waals surface area contributed by atoms with Crippen molar-refractivity contribution in [1.29, 1.82) is 0 Å². The molecule has 106 valence electrons. The standard InChI is InChI=1S/C15H26N4/c1-4-9-16-14-17-10-12(2)13(19-14)18-11-15(3)7-5-6-8-15/h10H,4-9,11H2,1-3H3,(H2,16,17,18,19). The summed E-state index contributed by atoms with van der Waals surface area (Å²) in [5, 5.41) is 6.76. The van der Waals surface area contributed by atoms with Crippen LogP contribution in [0.5, 0.6) is 0 Å². The van der Waals surface area contributed by atoms with Crippen LogP contribution < -0.4 is 10.6 Å². The molecule has 0 unspecified atom stereocenters. The number of anilines is 2. The first kappa shape index (κ1) is 14.1. The largest absolute Gasteiger partial charge is 0.369 e. The van der Waals surface area contributed by atoms with E-state index in [-0.39, 0.29) is 0 Å². The number of aryl methyl sites for hydroxylation is 1. The minimum absolute atomic E-state index is 0.439. The second-order valence-electron chi connectivity index (χ2n) is 6.02. The van der Waals surface area contributed by atoms with E-state index in [0.29, 0.717) is 5.41 Å². The molecule has 0 saturated heterocycles. The monoisotopic (exact) mass is 262 g/mol. The Hall–Kier alpha value is -1.32. The van der Waals surface area contributed by atoms with Crippen LogP contribution in [0.15, 0.2) is 6.20 Å². The Labute approximate surface area is 116 Å². The summed E-state index contributed by atoms with van der Waals surface area (Å²) in [6.07, 6.45) is 8.35. The minimum Gasteiger partial charge on any atom is -0.369 e. The summed E-state index contributed by atoms with van der Waals surface area (Å²) in [6.45, 7) is 8.50. The Kier molecular flexibility index (Phi) is 4.61. The van der Waals surface area contributed by atoms with Gasteiger partial charge in [0.05, 0.1) is 0 Å². The van der Waals surface area contributed by atoms with Crippen molar-refractivity contribution >= 4 is 11.8 Å². The molecule has 1 fully saturated rings. The van der Waals surface area contributed by atoms with Crippen molar-refractivity contribution in [2.75, 3.05) is 23.7 Å². The maximum Gasteiger partial charge on any atom is 0.224 e. The van der Waals surface area contributed by atoms with Gasteiger partial charge in [0, 0.05) is 24.8 Å². The van der Waals surface area contributed by atoms with Crippen LogP contribution >= 0.6 is 0 Å². The van der Waals surface area contributed by atoms with Gasteiger partial charge in [-0.2, -0.15) is 4.98 Å². The highest BCUT2D eigenvalue weighted by atomic mass is 15.1. The Balaban J connectivity index is 1.98. The first-order valence-electron chi connectivity index (χ1n) is 7.44. The number of hydrogen-bond acceptors (Lipinski definition) is 4. The highest BCUT2D eigenvalue weighted by Crippen LogP contribution is 2.37. The fourth-order valence-electron chi connectivity index (χ4n) is 2.65. The minimum atomic E-state index is 0.439. The average Bonchev–Trinajstić information content (AvgIpc) is 2.84. The van der Waals surface area contributed by atoms with E-state index in [1.54, 1.807) is 0 Å². The predicted molar refractivity (Wildman–Crippen MR) is 80.6 cm³/mol. The molecule has 19 heavy (non-hydrogen) atoms. The van der Waals surface area contributed by atoms with E-state index < -0.39 is 0 Å². The highest BCUT2D eigenvalue weighted by Gasteiger charge is 2.28. The molecule has 0 radical (unpaired) electrons. The smallest absolute Gasteiger partial charge is 0.224 e.